The van der Waals surface area contributed by atoms with Crippen LogP contribution in [0.2, 0.25) is 6.32 Å². The lowest BCUT2D eigenvalue weighted by Gasteiger charge is -2.13. The minimum Gasteiger partial charge on any atom is -0.479 e. The second-order valence-electron chi connectivity index (χ2n) is 4.26. The number of rotatable bonds is 5. The summed E-state index contributed by atoms with van der Waals surface area (Å²) in [5, 5.41) is 27.2. The Morgan fingerprint density at radius 3 is 2.85 bits per heavy atom. The largest absolute Gasteiger partial charge is 0.479 e. The zero-order chi connectivity index (χ0) is 14.5. The molecule has 1 aliphatic rings. The van der Waals surface area contributed by atoms with Crippen LogP contribution >= 0.6 is 0 Å². The fourth-order valence-corrected chi connectivity index (χ4v) is 1.81. The third-order valence-corrected chi connectivity index (χ3v) is 2.77. The van der Waals surface area contributed by atoms with Crippen molar-refractivity contribution in [1.29, 1.82) is 5.26 Å². The van der Waals surface area contributed by atoms with Gasteiger partial charge >= 0.3 is 12.9 Å². The van der Waals surface area contributed by atoms with Gasteiger partial charge in [0.1, 0.15) is 0 Å². The molecule has 0 aliphatic carbocycles. The Balaban J connectivity index is 2.22. The summed E-state index contributed by atoms with van der Waals surface area (Å²) in [6.45, 7) is -1.20. The van der Waals surface area contributed by atoms with E-state index in [4.69, 9.17) is 19.8 Å². The van der Waals surface area contributed by atoms with E-state index in [1.807, 2.05) is 6.07 Å². The Labute approximate surface area is 116 Å². The van der Waals surface area contributed by atoms with Crippen molar-refractivity contribution in [2.75, 3.05) is 6.61 Å². The maximum Gasteiger partial charge on any atom is 0.365 e. The number of aliphatic carboxylic acids is 1. The van der Waals surface area contributed by atoms with Crippen molar-refractivity contribution in [2.45, 2.75) is 12.7 Å². The van der Waals surface area contributed by atoms with E-state index in [0.717, 1.165) is 6.42 Å². The molecule has 2 N–H and O–H groups in total. The number of hydrogen-bond donors (Lipinski definition) is 2. The third-order valence-electron chi connectivity index (χ3n) is 2.77. The van der Waals surface area contributed by atoms with Gasteiger partial charge in [-0.05, 0) is 24.9 Å². The molecule has 0 amide bonds. The fourth-order valence-electron chi connectivity index (χ4n) is 1.81. The van der Waals surface area contributed by atoms with Gasteiger partial charge in [-0.15, -0.1) is 0 Å². The number of hydrogen-bond acceptors (Lipinski definition) is 5. The summed E-state index contributed by atoms with van der Waals surface area (Å²) in [6.07, 6.45) is 3.08. The number of carboxylic acid groups (broad SMARTS) is 1. The second-order valence-corrected chi connectivity index (χ2v) is 4.26. The molecule has 6 nitrogen and oxygen atoms in total. The van der Waals surface area contributed by atoms with Crippen molar-refractivity contribution in [2.24, 2.45) is 0 Å². The normalized spacial score (nSPS) is 13.6. The van der Waals surface area contributed by atoms with Crippen LogP contribution < -0.4 is 9.47 Å². The molecule has 20 heavy (non-hydrogen) atoms. The van der Waals surface area contributed by atoms with Crippen LogP contribution in [0.15, 0.2) is 29.9 Å². The van der Waals surface area contributed by atoms with Crippen LogP contribution in [0.5, 0.6) is 11.5 Å². The second kappa shape index (κ2) is 6.13. The molecular formula is C13H12BNO5. The molecule has 0 atom stereocenters. The lowest BCUT2D eigenvalue weighted by Crippen LogP contribution is -2.16. The molecule has 0 bridgehead atoms. The molecule has 0 saturated heterocycles. The fraction of sp³-hybridized carbons (Fsp3) is 0.231. The third kappa shape index (κ3) is 3.30. The first-order valence-corrected chi connectivity index (χ1v) is 6.05. The molecule has 0 radical (unpaired) electrons. The number of nitriles is 1. The maximum atomic E-state index is 10.6. The van der Waals surface area contributed by atoms with Crippen LogP contribution in [-0.2, 0) is 4.79 Å². The van der Waals surface area contributed by atoms with Crippen LogP contribution in [0.4, 0.5) is 0 Å². The molecule has 1 aliphatic heterocycles. The highest BCUT2D eigenvalue weighted by Gasteiger charge is 2.25. The molecule has 0 unspecified atom stereocenters. The van der Waals surface area contributed by atoms with Gasteiger partial charge in [-0.2, -0.15) is 5.26 Å². The molecule has 7 heteroatoms. The SMILES string of the molecule is N#Cc1ccc(OC2=CCCB2O)c(OCC(=O)O)c1. The van der Waals surface area contributed by atoms with E-state index in [2.05, 4.69) is 0 Å². The summed E-state index contributed by atoms with van der Waals surface area (Å²) in [4.78, 5) is 10.6. The molecule has 1 aromatic rings. The van der Waals surface area contributed by atoms with Gasteiger partial charge < -0.3 is 19.6 Å². The summed E-state index contributed by atoms with van der Waals surface area (Å²) < 4.78 is 10.6. The van der Waals surface area contributed by atoms with Crippen LogP contribution in [0.3, 0.4) is 0 Å². The Kier molecular flexibility index (Phi) is 4.28. The number of allylic oxidation sites excluding steroid dienone is 1. The number of ether oxygens (including phenoxy) is 2. The minimum absolute atomic E-state index is 0.159. The number of carboxylic acids is 1. The summed E-state index contributed by atoms with van der Waals surface area (Å²) in [5.74, 6) is -0.692. The van der Waals surface area contributed by atoms with Gasteiger partial charge in [0.2, 0.25) is 0 Å². The average molecular weight is 273 g/mol. The summed E-state index contributed by atoms with van der Waals surface area (Å²) in [7, 11) is 0. The zero-order valence-electron chi connectivity index (χ0n) is 10.6. The van der Waals surface area contributed by atoms with Crippen molar-refractivity contribution in [1.82, 2.24) is 0 Å². The number of benzene rings is 1. The van der Waals surface area contributed by atoms with E-state index in [1.165, 1.54) is 18.2 Å². The van der Waals surface area contributed by atoms with Gasteiger partial charge in [0.05, 0.1) is 17.3 Å². The highest BCUT2D eigenvalue weighted by Crippen LogP contribution is 2.31. The van der Waals surface area contributed by atoms with Crippen molar-refractivity contribution >= 4 is 12.9 Å². The van der Waals surface area contributed by atoms with Crippen molar-refractivity contribution < 1.29 is 24.4 Å². The highest BCUT2D eigenvalue weighted by atomic mass is 16.5. The molecule has 0 aromatic heterocycles. The molecular weight excluding hydrogens is 261 g/mol. The first-order chi connectivity index (χ1) is 9.60. The average Bonchev–Trinajstić information content (AvgIpc) is 2.83. The summed E-state index contributed by atoms with van der Waals surface area (Å²) in [6, 6.07) is 6.39. The Morgan fingerprint density at radius 1 is 1.45 bits per heavy atom. The van der Waals surface area contributed by atoms with Crippen LogP contribution in [0, 0.1) is 11.3 Å². The van der Waals surface area contributed by atoms with Gasteiger partial charge in [0, 0.05) is 6.07 Å². The monoisotopic (exact) mass is 273 g/mol. The van der Waals surface area contributed by atoms with E-state index < -0.39 is 19.5 Å². The van der Waals surface area contributed by atoms with Gasteiger partial charge in [-0.25, -0.2) is 4.79 Å². The van der Waals surface area contributed by atoms with Gasteiger partial charge in [-0.1, -0.05) is 6.08 Å². The molecule has 0 saturated carbocycles. The summed E-state index contributed by atoms with van der Waals surface area (Å²) >= 11 is 0. The minimum atomic E-state index is -1.13. The van der Waals surface area contributed by atoms with Crippen LogP contribution in [0.25, 0.3) is 0 Å². The van der Waals surface area contributed by atoms with E-state index in [0.29, 0.717) is 17.5 Å². The lowest BCUT2D eigenvalue weighted by atomic mass is 9.67. The molecule has 0 spiro atoms. The van der Waals surface area contributed by atoms with E-state index in [-0.39, 0.29) is 11.5 Å². The van der Waals surface area contributed by atoms with Crippen LogP contribution in [-0.4, -0.2) is 29.6 Å². The predicted molar refractivity (Wildman–Crippen MR) is 70.4 cm³/mol. The van der Waals surface area contributed by atoms with E-state index >= 15 is 0 Å². The lowest BCUT2D eigenvalue weighted by molar-refractivity contribution is -0.139. The number of carbonyl (C=O) groups is 1. The smallest absolute Gasteiger partial charge is 0.365 e. The highest BCUT2D eigenvalue weighted by molar-refractivity contribution is 6.59. The zero-order valence-corrected chi connectivity index (χ0v) is 10.6. The van der Waals surface area contributed by atoms with Gasteiger partial charge in [-0.3, -0.25) is 0 Å². The topological polar surface area (TPSA) is 99.8 Å². The Hall–Kier alpha value is -2.46. The van der Waals surface area contributed by atoms with Gasteiger partial charge in [0.15, 0.2) is 18.1 Å². The van der Waals surface area contributed by atoms with E-state index in [1.54, 1.807) is 6.08 Å². The van der Waals surface area contributed by atoms with Crippen molar-refractivity contribution in [3.8, 4) is 17.6 Å². The molecule has 1 heterocycles. The quantitative estimate of drug-likeness (QED) is 0.782. The molecule has 1 aromatic carbocycles. The van der Waals surface area contributed by atoms with Crippen LogP contribution in [0.1, 0.15) is 12.0 Å². The predicted octanol–water partition coefficient (Wildman–Crippen LogP) is 1.21. The first-order valence-electron chi connectivity index (χ1n) is 6.05. The Bertz CT molecular complexity index is 593. The Morgan fingerprint density at radius 2 is 2.25 bits per heavy atom. The first kappa shape index (κ1) is 14.0. The molecule has 2 rings (SSSR count). The maximum absolute atomic E-state index is 10.6. The van der Waals surface area contributed by atoms with Gasteiger partial charge in [0.25, 0.3) is 0 Å². The standard InChI is InChI=1S/C13H12BNO5/c15-7-9-3-4-10(11(6-9)19-8-13(16)17)20-12-2-1-5-14(12)18/h2-4,6,18H,1,5,8H2,(H,16,17). The number of nitrogens with zero attached hydrogens (tertiary/aromatic N) is 1. The molecule has 102 valence electrons. The van der Waals surface area contributed by atoms with Crippen molar-refractivity contribution in [3.63, 3.8) is 0 Å². The van der Waals surface area contributed by atoms with E-state index in [9.17, 15) is 9.82 Å². The van der Waals surface area contributed by atoms with Crippen molar-refractivity contribution in [3.05, 3.63) is 35.5 Å². The summed E-state index contributed by atoms with van der Waals surface area (Å²) in [5.41, 5.74) is 0.744. The molecule has 0 fully saturated rings.